The summed E-state index contributed by atoms with van der Waals surface area (Å²) in [7, 11) is 0. The van der Waals surface area contributed by atoms with Gasteiger partial charge in [-0.25, -0.2) is 4.52 Å². The minimum atomic E-state index is -2.92. The van der Waals surface area contributed by atoms with E-state index < -0.39 is 6.61 Å². The summed E-state index contributed by atoms with van der Waals surface area (Å²) in [5.41, 5.74) is 4.18. The SMILES string of the molecule is CCN1CCN(c2ccc(-c3cc4c(N5CCN(C(=O)C6CC6)CC5)ccnn4c3)c(OC(F)F)c2)CC1. The van der Waals surface area contributed by atoms with Crippen molar-refractivity contribution in [1.29, 1.82) is 0 Å². The molecule has 2 aromatic heterocycles. The second-order valence-electron chi connectivity index (χ2n) is 10.3. The number of likely N-dealkylation sites (N-methyl/N-ethyl adjacent to an activating group) is 1. The van der Waals surface area contributed by atoms with Gasteiger partial charge in [-0.3, -0.25) is 4.79 Å². The van der Waals surface area contributed by atoms with Gasteiger partial charge in [0.1, 0.15) is 5.75 Å². The fourth-order valence-corrected chi connectivity index (χ4v) is 5.63. The number of aromatic nitrogens is 2. The molecule has 0 N–H and O–H groups in total. The molecule has 0 spiro atoms. The number of nitrogens with zero attached hydrogens (tertiary/aromatic N) is 6. The molecular weight excluding hydrogens is 490 g/mol. The van der Waals surface area contributed by atoms with Crippen molar-refractivity contribution in [3.63, 3.8) is 0 Å². The van der Waals surface area contributed by atoms with Gasteiger partial charge in [0, 0.05) is 93.6 Å². The first-order chi connectivity index (χ1) is 18.5. The Morgan fingerprint density at radius 2 is 1.74 bits per heavy atom. The number of carbonyl (C=O) groups is 1. The van der Waals surface area contributed by atoms with Crippen LogP contribution in [0.5, 0.6) is 5.75 Å². The van der Waals surface area contributed by atoms with Crippen LogP contribution in [0.3, 0.4) is 0 Å². The third-order valence-corrected chi connectivity index (χ3v) is 8.02. The minimum absolute atomic E-state index is 0.167. The fraction of sp³-hybridized carbons (Fsp3) is 0.500. The first kappa shape index (κ1) is 24.9. The number of fused-ring (bicyclic) bond motifs is 1. The summed E-state index contributed by atoms with van der Waals surface area (Å²) in [6.45, 7) is 6.76. The molecule has 8 nitrogen and oxygen atoms in total. The molecule has 6 rings (SSSR count). The van der Waals surface area contributed by atoms with E-state index >= 15 is 0 Å². The van der Waals surface area contributed by atoms with Gasteiger partial charge in [-0.1, -0.05) is 6.92 Å². The van der Waals surface area contributed by atoms with Gasteiger partial charge < -0.3 is 24.3 Å². The zero-order valence-corrected chi connectivity index (χ0v) is 21.7. The van der Waals surface area contributed by atoms with E-state index in [0.717, 1.165) is 81.1 Å². The second kappa shape index (κ2) is 10.4. The zero-order valence-electron chi connectivity index (χ0n) is 21.7. The number of rotatable bonds is 7. The van der Waals surface area contributed by atoms with Gasteiger partial charge in [-0.2, -0.15) is 13.9 Å². The number of ether oxygens (including phenoxy) is 1. The smallest absolute Gasteiger partial charge is 0.387 e. The molecule has 202 valence electrons. The molecule has 0 radical (unpaired) electrons. The third-order valence-electron chi connectivity index (χ3n) is 8.02. The van der Waals surface area contributed by atoms with Crippen LogP contribution in [0.15, 0.2) is 42.7 Å². The number of anilines is 2. The molecular formula is C28H34F2N6O2. The average molecular weight is 525 g/mol. The first-order valence-corrected chi connectivity index (χ1v) is 13.6. The summed E-state index contributed by atoms with van der Waals surface area (Å²) in [5, 5.41) is 4.48. The highest BCUT2D eigenvalue weighted by Gasteiger charge is 2.34. The van der Waals surface area contributed by atoms with E-state index in [9.17, 15) is 13.6 Å². The quantitative estimate of drug-likeness (QED) is 0.469. The molecule has 0 atom stereocenters. The fourth-order valence-electron chi connectivity index (χ4n) is 5.63. The standard InChI is InChI=1S/C28H34F2N6O2/c1-2-32-9-11-33(12-10-32)22-5-6-23(26(18-22)38-28(29)30)21-17-25-24(7-8-31-36(25)19-21)34-13-15-35(16-14-34)27(37)20-3-4-20/h5-8,17-20,28H,2-4,9-16H2,1H3. The Balaban J connectivity index is 1.26. The van der Waals surface area contributed by atoms with Crippen LogP contribution in [0.4, 0.5) is 20.2 Å². The Kier molecular flexibility index (Phi) is 6.82. The van der Waals surface area contributed by atoms with Gasteiger partial charge in [0.05, 0.1) is 11.2 Å². The van der Waals surface area contributed by atoms with Crippen molar-refractivity contribution in [3.8, 4) is 16.9 Å². The molecule has 2 saturated heterocycles. The van der Waals surface area contributed by atoms with Gasteiger partial charge >= 0.3 is 6.61 Å². The number of amides is 1. The lowest BCUT2D eigenvalue weighted by atomic mass is 10.1. The van der Waals surface area contributed by atoms with Crippen LogP contribution in [0.1, 0.15) is 19.8 Å². The van der Waals surface area contributed by atoms with E-state index in [-0.39, 0.29) is 17.6 Å². The maximum atomic E-state index is 13.4. The summed E-state index contributed by atoms with van der Waals surface area (Å²) in [4.78, 5) is 21.3. The summed E-state index contributed by atoms with van der Waals surface area (Å²) >= 11 is 0. The van der Waals surface area contributed by atoms with Crippen molar-refractivity contribution < 1.29 is 18.3 Å². The minimum Gasteiger partial charge on any atom is -0.434 e. The molecule has 0 bridgehead atoms. The Morgan fingerprint density at radius 3 is 2.42 bits per heavy atom. The van der Waals surface area contributed by atoms with Gasteiger partial charge in [0.25, 0.3) is 0 Å². The van der Waals surface area contributed by atoms with Crippen LogP contribution < -0.4 is 14.5 Å². The number of hydrogen-bond donors (Lipinski definition) is 0. The van der Waals surface area contributed by atoms with Crippen LogP contribution in [0.2, 0.25) is 0 Å². The Labute approximate surface area is 221 Å². The van der Waals surface area contributed by atoms with Crippen molar-refractivity contribution in [2.75, 3.05) is 68.7 Å². The number of carbonyl (C=O) groups excluding carboxylic acids is 1. The molecule has 1 aromatic carbocycles. The van der Waals surface area contributed by atoms with Crippen molar-refractivity contribution in [3.05, 3.63) is 42.7 Å². The number of piperazine rings is 2. The van der Waals surface area contributed by atoms with Crippen molar-refractivity contribution in [2.24, 2.45) is 5.92 Å². The molecule has 3 fully saturated rings. The topological polar surface area (TPSA) is 56.6 Å². The van der Waals surface area contributed by atoms with Crippen LogP contribution >= 0.6 is 0 Å². The zero-order chi connectivity index (χ0) is 26.2. The summed E-state index contributed by atoms with van der Waals surface area (Å²) in [5.74, 6) is 0.691. The van der Waals surface area contributed by atoms with Crippen LogP contribution in [-0.4, -0.2) is 90.8 Å². The van der Waals surface area contributed by atoms with Gasteiger partial charge in [-0.05, 0) is 43.7 Å². The van der Waals surface area contributed by atoms with Crippen molar-refractivity contribution in [1.82, 2.24) is 19.4 Å². The molecule has 1 aliphatic carbocycles. The first-order valence-electron chi connectivity index (χ1n) is 13.6. The van der Waals surface area contributed by atoms with Gasteiger partial charge in [-0.15, -0.1) is 0 Å². The lowest BCUT2D eigenvalue weighted by Crippen LogP contribution is -2.49. The van der Waals surface area contributed by atoms with E-state index in [1.807, 2.05) is 35.4 Å². The van der Waals surface area contributed by atoms with Crippen LogP contribution in [0, 0.1) is 5.92 Å². The summed E-state index contributed by atoms with van der Waals surface area (Å²) in [6, 6.07) is 9.55. The molecule has 1 amide bonds. The summed E-state index contributed by atoms with van der Waals surface area (Å²) < 4.78 is 33.7. The Bertz CT molecular complexity index is 1290. The molecule has 10 heteroatoms. The van der Waals surface area contributed by atoms with E-state index in [4.69, 9.17) is 4.74 Å². The Hall–Kier alpha value is -3.40. The molecule has 3 aliphatic rings. The van der Waals surface area contributed by atoms with E-state index in [1.165, 1.54) is 0 Å². The Morgan fingerprint density at radius 1 is 1.00 bits per heavy atom. The predicted octanol–water partition coefficient (Wildman–Crippen LogP) is 3.80. The van der Waals surface area contributed by atoms with Crippen LogP contribution in [-0.2, 0) is 4.79 Å². The van der Waals surface area contributed by atoms with E-state index in [1.54, 1.807) is 16.8 Å². The molecule has 4 heterocycles. The van der Waals surface area contributed by atoms with E-state index in [2.05, 4.69) is 26.7 Å². The molecule has 38 heavy (non-hydrogen) atoms. The average Bonchev–Trinajstić information content (AvgIpc) is 3.70. The van der Waals surface area contributed by atoms with Gasteiger partial charge in [0.15, 0.2) is 0 Å². The highest BCUT2D eigenvalue weighted by molar-refractivity contribution is 5.84. The lowest BCUT2D eigenvalue weighted by Gasteiger charge is -2.36. The lowest BCUT2D eigenvalue weighted by molar-refractivity contribution is -0.132. The monoisotopic (exact) mass is 524 g/mol. The number of benzene rings is 1. The third kappa shape index (κ3) is 5.01. The highest BCUT2D eigenvalue weighted by Crippen LogP contribution is 2.38. The second-order valence-corrected chi connectivity index (χ2v) is 10.3. The molecule has 1 saturated carbocycles. The maximum Gasteiger partial charge on any atom is 0.387 e. The van der Waals surface area contributed by atoms with E-state index in [0.29, 0.717) is 18.7 Å². The number of hydrogen-bond acceptors (Lipinski definition) is 6. The summed E-state index contributed by atoms with van der Waals surface area (Å²) in [6.07, 6.45) is 5.65. The highest BCUT2D eigenvalue weighted by atomic mass is 19.3. The molecule has 2 aliphatic heterocycles. The molecule has 0 unspecified atom stereocenters. The number of halogens is 2. The maximum absolute atomic E-state index is 13.4. The normalized spacial score (nSPS) is 19.0. The van der Waals surface area contributed by atoms with Crippen molar-refractivity contribution in [2.45, 2.75) is 26.4 Å². The van der Waals surface area contributed by atoms with Gasteiger partial charge in [0.2, 0.25) is 5.91 Å². The largest absolute Gasteiger partial charge is 0.434 e. The number of alkyl halides is 2. The predicted molar refractivity (Wildman–Crippen MR) is 143 cm³/mol. The molecule has 3 aromatic rings. The van der Waals surface area contributed by atoms with Crippen molar-refractivity contribution >= 4 is 22.8 Å². The van der Waals surface area contributed by atoms with Crippen LogP contribution in [0.25, 0.3) is 16.6 Å².